The minimum atomic E-state index is 1.13. The minimum Gasteiger partial charge on any atom is -0.165 e. The highest BCUT2D eigenvalue weighted by molar-refractivity contribution is 7.98. The van der Waals surface area contributed by atoms with Gasteiger partial charge in [0, 0.05) is 0 Å². The van der Waals surface area contributed by atoms with Crippen molar-refractivity contribution in [3.8, 4) is 0 Å². The van der Waals surface area contributed by atoms with Gasteiger partial charge in [0.25, 0.3) is 0 Å². The first-order chi connectivity index (χ1) is 4.91. The second-order valence-corrected chi connectivity index (χ2v) is 3.03. The second kappa shape index (κ2) is 8.83. The van der Waals surface area contributed by atoms with Gasteiger partial charge in [0.1, 0.15) is 0 Å². The standard InChI is InChI=1S/C9H16S/c1-3-4-5-6-7-8-9-10-2/h4-7H,3,8-9H2,1-2H3/b5-4-,7-6-. The highest BCUT2D eigenvalue weighted by Crippen LogP contribution is 1.96. The third kappa shape index (κ3) is 7.83. The molecule has 0 aliphatic carbocycles. The van der Waals surface area contributed by atoms with E-state index >= 15 is 0 Å². The third-order valence-electron chi connectivity index (χ3n) is 1.11. The van der Waals surface area contributed by atoms with E-state index in [9.17, 15) is 0 Å². The molecule has 0 spiro atoms. The van der Waals surface area contributed by atoms with Crippen LogP contribution in [-0.2, 0) is 0 Å². The molecule has 0 atom stereocenters. The summed E-state index contributed by atoms with van der Waals surface area (Å²) in [7, 11) is 0. The van der Waals surface area contributed by atoms with E-state index in [2.05, 4.69) is 37.5 Å². The Morgan fingerprint density at radius 2 is 1.90 bits per heavy atom. The monoisotopic (exact) mass is 156 g/mol. The van der Waals surface area contributed by atoms with Crippen LogP contribution in [0.15, 0.2) is 24.3 Å². The van der Waals surface area contributed by atoms with Crippen molar-refractivity contribution >= 4 is 11.8 Å². The van der Waals surface area contributed by atoms with E-state index in [-0.39, 0.29) is 0 Å². The fraction of sp³-hybridized carbons (Fsp3) is 0.556. The summed E-state index contributed by atoms with van der Waals surface area (Å²) in [5, 5.41) is 0. The van der Waals surface area contributed by atoms with Gasteiger partial charge in [-0.3, -0.25) is 0 Å². The van der Waals surface area contributed by atoms with E-state index in [1.165, 1.54) is 12.2 Å². The lowest BCUT2D eigenvalue weighted by Crippen LogP contribution is -1.69. The Balaban J connectivity index is 3.11. The summed E-state index contributed by atoms with van der Waals surface area (Å²) in [4.78, 5) is 0. The van der Waals surface area contributed by atoms with Crippen LogP contribution in [0.2, 0.25) is 0 Å². The SMILES string of the molecule is CC/C=C\C=C/CCSC. The highest BCUT2D eigenvalue weighted by atomic mass is 32.2. The van der Waals surface area contributed by atoms with Crippen LogP contribution >= 0.6 is 11.8 Å². The predicted octanol–water partition coefficient (Wildman–Crippen LogP) is 3.26. The van der Waals surface area contributed by atoms with Crippen molar-refractivity contribution in [1.29, 1.82) is 0 Å². The summed E-state index contributed by atoms with van der Waals surface area (Å²) in [5.74, 6) is 1.23. The average Bonchev–Trinajstić information content (AvgIpc) is 1.97. The minimum absolute atomic E-state index is 1.13. The largest absolute Gasteiger partial charge is 0.165 e. The first-order valence-electron chi connectivity index (χ1n) is 3.72. The van der Waals surface area contributed by atoms with Crippen LogP contribution in [0, 0.1) is 0 Å². The van der Waals surface area contributed by atoms with E-state index in [4.69, 9.17) is 0 Å². The molecule has 0 aromatic carbocycles. The van der Waals surface area contributed by atoms with Crippen molar-refractivity contribution in [2.45, 2.75) is 19.8 Å². The zero-order chi connectivity index (χ0) is 7.66. The van der Waals surface area contributed by atoms with Crippen LogP contribution in [0.5, 0.6) is 0 Å². The van der Waals surface area contributed by atoms with Crippen LogP contribution in [0.1, 0.15) is 19.8 Å². The molecule has 0 saturated carbocycles. The summed E-state index contributed by atoms with van der Waals surface area (Å²) < 4.78 is 0. The first kappa shape index (κ1) is 9.83. The van der Waals surface area contributed by atoms with Crippen molar-refractivity contribution in [1.82, 2.24) is 0 Å². The molecule has 10 heavy (non-hydrogen) atoms. The summed E-state index contributed by atoms with van der Waals surface area (Å²) in [5.41, 5.74) is 0. The topological polar surface area (TPSA) is 0 Å². The Morgan fingerprint density at radius 1 is 1.20 bits per heavy atom. The van der Waals surface area contributed by atoms with Crippen LogP contribution in [0.25, 0.3) is 0 Å². The molecule has 0 heterocycles. The van der Waals surface area contributed by atoms with Gasteiger partial charge in [0.15, 0.2) is 0 Å². The maximum atomic E-state index is 2.21. The third-order valence-corrected chi connectivity index (χ3v) is 1.75. The molecule has 0 aliphatic rings. The van der Waals surface area contributed by atoms with E-state index in [0.29, 0.717) is 0 Å². The van der Waals surface area contributed by atoms with Crippen LogP contribution in [-0.4, -0.2) is 12.0 Å². The molecule has 0 nitrogen and oxygen atoms in total. The molecule has 0 saturated heterocycles. The quantitative estimate of drug-likeness (QED) is 0.435. The average molecular weight is 156 g/mol. The molecule has 1 heteroatoms. The Labute approximate surface area is 68.4 Å². The Hall–Kier alpha value is -0.170. The molecule has 0 fully saturated rings. The second-order valence-electron chi connectivity index (χ2n) is 2.05. The lowest BCUT2D eigenvalue weighted by molar-refractivity contribution is 1.22. The maximum absolute atomic E-state index is 2.21. The molecular formula is C9H16S. The molecular weight excluding hydrogens is 140 g/mol. The Kier molecular flexibility index (Phi) is 8.68. The molecule has 0 radical (unpaired) electrons. The molecule has 0 unspecified atom stereocenters. The van der Waals surface area contributed by atoms with Gasteiger partial charge in [-0.25, -0.2) is 0 Å². The van der Waals surface area contributed by atoms with Gasteiger partial charge in [-0.05, 0) is 24.9 Å². The molecule has 0 N–H and O–H groups in total. The summed E-state index contributed by atoms with van der Waals surface area (Å²) >= 11 is 1.89. The zero-order valence-electron chi connectivity index (χ0n) is 6.84. The van der Waals surface area contributed by atoms with Gasteiger partial charge >= 0.3 is 0 Å². The molecule has 58 valence electrons. The van der Waals surface area contributed by atoms with Crippen molar-refractivity contribution in [2.75, 3.05) is 12.0 Å². The van der Waals surface area contributed by atoms with Crippen LogP contribution in [0.3, 0.4) is 0 Å². The number of rotatable bonds is 5. The van der Waals surface area contributed by atoms with Gasteiger partial charge in [-0.2, -0.15) is 11.8 Å². The highest BCUT2D eigenvalue weighted by Gasteiger charge is 1.74. The molecule has 0 rings (SSSR count). The van der Waals surface area contributed by atoms with Crippen LogP contribution in [0.4, 0.5) is 0 Å². The lowest BCUT2D eigenvalue weighted by atomic mass is 10.3. The normalized spacial score (nSPS) is 11.8. The summed E-state index contributed by atoms with van der Waals surface area (Å²) in [6, 6.07) is 0. The summed E-state index contributed by atoms with van der Waals surface area (Å²) in [6.45, 7) is 2.15. The van der Waals surface area contributed by atoms with Crippen LogP contribution < -0.4 is 0 Å². The molecule has 0 aromatic rings. The molecule has 0 aliphatic heterocycles. The molecule has 0 amide bonds. The maximum Gasteiger partial charge on any atom is -0.00356 e. The van der Waals surface area contributed by atoms with E-state index < -0.39 is 0 Å². The van der Waals surface area contributed by atoms with E-state index in [1.807, 2.05) is 11.8 Å². The van der Waals surface area contributed by atoms with Gasteiger partial charge < -0.3 is 0 Å². The number of thioether (sulfide) groups is 1. The fourth-order valence-corrected chi connectivity index (χ4v) is 0.947. The molecule has 0 aromatic heterocycles. The number of allylic oxidation sites excluding steroid dienone is 4. The van der Waals surface area contributed by atoms with Crippen molar-refractivity contribution in [3.05, 3.63) is 24.3 Å². The Bertz CT molecular complexity index is 103. The van der Waals surface area contributed by atoms with Gasteiger partial charge in [-0.15, -0.1) is 0 Å². The van der Waals surface area contributed by atoms with E-state index in [0.717, 1.165) is 6.42 Å². The summed E-state index contributed by atoms with van der Waals surface area (Å²) in [6.07, 6.45) is 13.1. The lowest BCUT2D eigenvalue weighted by Gasteiger charge is -1.85. The first-order valence-corrected chi connectivity index (χ1v) is 5.11. The molecule has 0 bridgehead atoms. The Morgan fingerprint density at radius 3 is 2.50 bits per heavy atom. The van der Waals surface area contributed by atoms with Gasteiger partial charge in [-0.1, -0.05) is 31.2 Å². The zero-order valence-corrected chi connectivity index (χ0v) is 7.66. The van der Waals surface area contributed by atoms with Crippen molar-refractivity contribution in [3.63, 3.8) is 0 Å². The predicted molar refractivity (Wildman–Crippen MR) is 51.6 cm³/mol. The number of hydrogen-bond acceptors (Lipinski definition) is 1. The van der Waals surface area contributed by atoms with Crippen molar-refractivity contribution < 1.29 is 0 Å². The number of hydrogen-bond donors (Lipinski definition) is 0. The smallest absolute Gasteiger partial charge is 0.00356 e. The van der Waals surface area contributed by atoms with E-state index in [1.54, 1.807) is 0 Å². The fourth-order valence-electron chi connectivity index (χ4n) is 0.575. The van der Waals surface area contributed by atoms with Gasteiger partial charge in [0.2, 0.25) is 0 Å². The van der Waals surface area contributed by atoms with Crippen molar-refractivity contribution in [2.24, 2.45) is 0 Å². The van der Waals surface area contributed by atoms with Gasteiger partial charge in [0.05, 0.1) is 0 Å².